The number of quaternary nitrogens is 1. The van der Waals surface area contributed by atoms with E-state index in [1.807, 2.05) is 12.1 Å². The molecular weight excluding hydrogens is 322 g/mol. The summed E-state index contributed by atoms with van der Waals surface area (Å²) in [7, 11) is 6.73. The van der Waals surface area contributed by atoms with E-state index in [0.29, 0.717) is 6.61 Å². The Kier molecular flexibility index (Phi) is 4.28. The number of nitrogens with zero attached hydrogens (tertiary/aromatic N) is 1. The SMILES string of the molecule is C/C(CC[N+](C)(C)C)=C1\c2ccccc2OCC2c3ccccc3OC12. The van der Waals surface area contributed by atoms with Gasteiger partial charge < -0.3 is 14.0 Å². The van der Waals surface area contributed by atoms with Gasteiger partial charge in [-0.25, -0.2) is 0 Å². The molecule has 0 N–H and O–H groups in total. The summed E-state index contributed by atoms with van der Waals surface area (Å²) in [6.45, 7) is 4.02. The lowest BCUT2D eigenvalue weighted by Gasteiger charge is -2.26. The quantitative estimate of drug-likeness (QED) is 0.759. The maximum atomic E-state index is 6.47. The van der Waals surface area contributed by atoms with Gasteiger partial charge in [0.25, 0.3) is 0 Å². The molecule has 136 valence electrons. The van der Waals surface area contributed by atoms with E-state index < -0.39 is 0 Å². The number of hydrogen-bond acceptors (Lipinski definition) is 2. The molecule has 0 fully saturated rings. The van der Waals surface area contributed by atoms with Crippen molar-refractivity contribution < 1.29 is 14.0 Å². The first kappa shape index (κ1) is 17.2. The van der Waals surface area contributed by atoms with Gasteiger partial charge in [0.15, 0.2) is 0 Å². The number of ether oxygens (including phenoxy) is 2. The molecule has 3 heteroatoms. The fraction of sp³-hybridized carbons (Fsp3) is 0.391. The molecule has 2 unspecified atom stereocenters. The van der Waals surface area contributed by atoms with Gasteiger partial charge in [0.1, 0.15) is 17.6 Å². The van der Waals surface area contributed by atoms with Crippen molar-refractivity contribution in [3.05, 3.63) is 65.2 Å². The van der Waals surface area contributed by atoms with Crippen LogP contribution in [0, 0.1) is 0 Å². The van der Waals surface area contributed by atoms with Crippen molar-refractivity contribution in [3.63, 3.8) is 0 Å². The first-order valence-corrected chi connectivity index (χ1v) is 9.42. The van der Waals surface area contributed by atoms with Crippen LogP contribution < -0.4 is 9.47 Å². The summed E-state index contributed by atoms with van der Waals surface area (Å²) in [6.07, 6.45) is 1.08. The van der Waals surface area contributed by atoms with Gasteiger partial charge in [-0.05, 0) is 19.1 Å². The molecule has 0 radical (unpaired) electrons. The molecule has 2 atom stereocenters. The zero-order chi connectivity index (χ0) is 18.3. The zero-order valence-corrected chi connectivity index (χ0v) is 16.2. The van der Waals surface area contributed by atoms with Gasteiger partial charge in [0, 0.05) is 23.1 Å². The van der Waals surface area contributed by atoms with E-state index in [-0.39, 0.29) is 12.0 Å². The highest BCUT2D eigenvalue weighted by atomic mass is 16.5. The van der Waals surface area contributed by atoms with Gasteiger partial charge in [0.2, 0.25) is 0 Å². The number of hydrogen-bond donors (Lipinski definition) is 0. The minimum Gasteiger partial charge on any atom is -0.492 e. The highest BCUT2D eigenvalue weighted by Gasteiger charge is 2.41. The lowest BCUT2D eigenvalue weighted by Crippen LogP contribution is -2.35. The van der Waals surface area contributed by atoms with Crippen LogP contribution in [0.4, 0.5) is 0 Å². The van der Waals surface area contributed by atoms with E-state index in [0.717, 1.165) is 28.9 Å². The molecule has 0 bridgehead atoms. The van der Waals surface area contributed by atoms with E-state index >= 15 is 0 Å². The summed E-state index contributed by atoms with van der Waals surface area (Å²) >= 11 is 0. The van der Waals surface area contributed by atoms with E-state index in [4.69, 9.17) is 9.47 Å². The molecule has 0 saturated carbocycles. The predicted octanol–water partition coefficient (Wildman–Crippen LogP) is 4.49. The van der Waals surface area contributed by atoms with Crippen molar-refractivity contribution in [2.75, 3.05) is 34.3 Å². The van der Waals surface area contributed by atoms with Crippen molar-refractivity contribution in [1.82, 2.24) is 0 Å². The third kappa shape index (κ3) is 3.12. The van der Waals surface area contributed by atoms with Crippen molar-refractivity contribution >= 4 is 5.57 Å². The molecule has 0 saturated heterocycles. The molecule has 0 amide bonds. The number of para-hydroxylation sites is 2. The maximum absolute atomic E-state index is 6.47. The zero-order valence-electron chi connectivity index (χ0n) is 16.2. The maximum Gasteiger partial charge on any atom is 0.135 e. The second-order valence-electron chi connectivity index (χ2n) is 8.45. The Hall–Kier alpha value is -2.26. The summed E-state index contributed by atoms with van der Waals surface area (Å²) in [5, 5.41) is 0. The van der Waals surface area contributed by atoms with Crippen LogP contribution in [-0.2, 0) is 0 Å². The lowest BCUT2D eigenvalue weighted by atomic mass is 9.86. The van der Waals surface area contributed by atoms with Crippen molar-refractivity contribution in [2.45, 2.75) is 25.4 Å². The normalized spacial score (nSPS) is 23.1. The summed E-state index contributed by atoms with van der Waals surface area (Å²) in [6, 6.07) is 16.8. The minimum atomic E-state index is 0.0310. The first-order chi connectivity index (χ1) is 12.4. The smallest absolute Gasteiger partial charge is 0.135 e. The number of benzene rings is 2. The fourth-order valence-electron chi connectivity index (χ4n) is 3.97. The van der Waals surface area contributed by atoms with E-state index in [2.05, 4.69) is 64.5 Å². The summed E-state index contributed by atoms with van der Waals surface area (Å²) in [4.78, 5) is 0. The van der Waals surface area contributed by atoms with Crippen LogP contribution in [0.1, 0.15) is 30.4 Å². The van der Waals surface area contributed by atoms with E-state index in [1.165, 1.54) is 22.3 Å². The van der Waals surface area contributed by atoms with Crippen LogP contribution in [0.5, 0.6) is 11.5 Å². The van der Waals surface area contributed by atoms with Crippen LogP contribution in [0.15, 0.2) is 54.1 Å². The topological polar surface area (TPSA) is 18.5 Å². The molecule has 2 aliphatic heterocycles. The average Bonchev–Trinajstić information content (AvgIpc) is 2.88. The molecule has 2 aromatic rings. The summed E-state index contributed by atoms with van der Waals surface area (Å²) in [5.41, 5.74) is 5.17. The Bertz CT molecular complexity index is 847. The van der Waals surface area contributed by atoms with Crippen molar-refractivity contribution in [3.8, 4) is 11.5 Å². The third-order valence-corrected chi connectivity index (χ3v) is 5.44. The summed E-state index contributed by atoms with van der Waals surface area (Å²) in [5.74, 6) is 2.22. The van der Waals surface area contributed by atoms with E-state index in [1.54, 1.807) is 0 Å². The third-order valence-electron chi connectivity index (χ3n) is 5.44. The van der Waals surface area contributed by atoms with Crippen molar-refractivity contribution in [1.29, 1.82) is 0 Å². The average molecular weight is 350 g/mol. The second-order valence-corrected chi connectivity index (χ2v) is 8.45. The number of fused-ring (bicyclic) bond motifs is 4. The lowest BCUT2D eigenvalue weighted by molar-refractivity contribution is -0.870. The highest BCUT2D eigenvalue weighted by molar-refractivity contribution is 5.78. The molecule has 26 heavy (non-hydrogen) atoms. The Labute approximate surface area is 156 Å². The van der Waals surface area contributed by atoms with Gasteiger partial charge in [0.05, 0.1) is 40.2 Å². The monoisotopic (exact) mass is 350 g/mol. The Morgan fingerprint density at radius 1 is 1.00 bits per heavy atom. The first-order valence-electron chi connectivity index (χ1n) is 9.42. The highest BCUT2D eigenvalue weighted by Crippen LogP contribution is 2.48. The van der Waals surface area contributed by atoms with Crippen LogP contribution in [-0.4, -0.2) is 44.9 Å². The summed E-state index contributed by atoms with van der Waals surface area (Å²) < 4.78 is 13.7. The van der Waals surface area contributed by atoms with Crippen LogP contribution in [0.3, 0.4) is 0 Å². The molecule has 0 aromatic heterocycles. The van der Waals surface area contributed by atoms with Crippen molar-refractivity contribution in [2.24, 2.45) is 0 Å². The standard InChI is InChI=1S/C23H28NO2/c1-16(13-14-24(2,3)4)22-18-10-6-7-11-20(18)25-15-19-17-9-5-8-12-21(17)26-23(19)22/h5-12,19,23H,13-15H2,1-4H3/q+1/b22-16-. The molecule has 0 spiro atoms. The molecule has 2 aliphatic rings. The van der Waals surface area contributed by atoms with Crippen LogP contribution >= 0.6 is 0 Å². The Morgan fingerprint density at radius 2 is 1.69 bits per heavy atom. The predicted molar refractivity (Wildman–Crippen MR) is 106 cm³/mol. The van der Waals surface area contributed by atoms with Gasteiger partial charge in [-0.2, -0.15) is 0 Å². The molecule has 3 nitrogen and oxygen atoms in total. The van der Waals surface area contributed by atoms with Gasteiger partial charge in [-0.1, -0.05) is 42.0 Å². The Balaban J connectivity index is 1.80. The van der Waals surface area contributed by atoms with Crippen LogP contribution in [0.25, 0.3) is 5.57 Å². The fourth-order valence-corrected chi connectivity index (χ4v) is 3.97. The second kappa shape index (κ2) is 6.48. The van der Waals surface area contributed by atoms with Gasteiger partial charge in [-0.3, -0.25) is 0 Å². The number of rotatable bonds is 3. The molecular formula is C23H28NO2+. The molecule has 4 rings (SSSR count). The largest absolute Gasteiger partial charge is 0.492 e. The van der Waals surface area contributed by atoms with Gasteiger partial charge in [-0.15, -0.1) is 0 Å². The molecule has 2 aromatic carbocycles. The molecule has 2 heterocycles. The van der Waals surface area contributed by atoms with Crippen LogP contribution in [0.2, 0.25) is 0 Å². The molecule has 0 aliphatic carbocycles. The van der Waals surface area contributed by atoms with E-state index in [9.17, 15) is 0 Å². The Morgan fingerprint density at radius 3 is 2.46 bits per heavy atom. The van der Waals surface area contributed by atoms with Gasteiger partial charge >= 0.3 is 0 Å². The minimum absolute atomic E-state index is 0.0310.